The maximum absolute atomic E-state index is 13.3. The van der Waals surface area contributed by atoms with E-state index in [1.54, 1.807) is 11.1 Å². The van der Waals surface area contributed by atoms with Crippen molar-refractivity contribution in [1.82, 2.24) is 10.0 Å². The maximum atomic E-state index is 13.3. The van der Waals surface area contributed by atoms with Gasteiger partial charge < -0.3 is 0 Å². The van der Waals surface area contributed by atoms with Crippen molar-refractivity contribution in [3.63, 3.8) is 0 Å². The number of hydrogen-bond acceptors (Lipinski definition) is 2. The molecule has 0 aromatic heterocycles. The predicted octanol–water partition coefficient (Wildman–Crippen LogP) is 3.35. The van der Waals surface area contributed by atoms with E-state index >= 15 is 0 Å². The quantitative estimate of drug-likeness (QED) is 0.843. The number of hydrazine groups is 1. The number of benzene rings is 1. The van der Waals surface area contributed by atoms with E-state index < -0.39 is 0 Å². The monoisotopic (exact) mass is 278 g/mol. The second-order valence-corrected chi connectivity index (χ2v) is 5.44. The van der Waals surface area contributed by atoms with E-state index in [4.69, 9.17) is 0 Å². The molecule has 1 fully saturated rings. The van der Waals surface area contributed by atoms with Crippen LogP contribution in [0, 0.1) is 5.82 Å². The van der Waals surface area contributed by atoms with Gasteiger partial charge >= 0.3 is 0 Å². The van der Waals surface area contributed by atoms with Gasteiger partial charge in [0.1, 0.15) is 5.82 Å². The molecule has 0 aliphatic carbocycles. The standard InChI is InChI=1S/C16H23FN2O/c1-3-16(20)19(18-10-5-4-7-13(18)2)12-14-8-6-9-15(17)11-14/h6,8-9,11,13H,3-5,7,10,12H2,1-2H3. The molecule has 20 heavy (non-hydrogen) atoms. The van der Waals surface area contributed by atoms with Gasteiger partial charge in [-0.15, -0.1) is 0 Å². The Kier molecular flexibility index (Phi) is 5.12. The van der Waals surface area contributed by atoms with Gasteiger partial charge in [0.25, 0.3) is 0 Å². The summed E-state index contributed by atoms with van der Waals surface area (Å²) in [5.41, 5.74) is 0.838. The first-order chi connectivity index (χ1) is 9.61. The third-order valence-electron chi connectivity index (χ3n) is 3.89. The summed E-state index contributed by atoms with van der Waals surface area (Å²) in [6.45, 7) is 5.38. The van der Waals surface area contributed by atoms with Crippen LogP contribution < -0.4 is 0 Å². The molecule has 1 heterocycles. The van der Waals surface area contributed by atoms with E-state index in [2.05, 4.69) is 11.9 Å². The van der Waals surface area contributed by atoms with Crippen LogP contribution in [0.25, 0.3) is 0 Å². The Morgan fingerprint density at radius 3 is 2.90 bits per heavy atom. The number of piperidine rings is 1. The number of halogens is 1. The molecule has 1 aromatic rings. The van der Waals surface area contributed by atoms with Crippen LogP contribution in [0.15, 0.2) is 24.3 Å². The Hall–Kier alpha value is -1.42. The molecule has 0 N–H and O–H groups in total. The highest BCUT2D eigenvalue weighted by Gasteiger charge is 2.27. The average Bonchev–Trinajstić information content (AvgIpc) is 2.45. The van der Waals surface area contributed by atoms with Gasteiger partial charge in [-0.05, 0) is 37.5 Å². The van der Waals surface area contributed by atoms with Crippen molar-refractivity contribution >= 4 is 5.91 Å². The Morgan fingerprint density at radius 1 is 1.45 bits per heavy atom. The van der Waals surface area contributed by atoms with E-state index in [0.29, 0.717) is 19.0 Å². The van der Waals surface area contributed by atoms with E-state index in [1.807, 2.05) is 13.0 Å². The highest BCUT2D eigenvalue weighted by Crippen LogP contribution is 2.21. The maximum Gasteiger partial charge on any atom is 0.236 e. The molecule has 1 aromatic carbocycles. The fourth-order valence-electron chi connectivity index (χ4n) is 2.75. The van der Waals surface area contributed by atoms with Gasteiger partial charge in [0.15, 0.2) is 0 Å². The summed E-state index contributed by atoms with van der Waals surface area (Å²) in [6.07, 6.45) is 3.90. The van der Waals surface area contributed by atoms with Crippen LogP contribution in [0.5, 0.6) is 0 Å². The number of hydrogen-bond donors (Lipinski definition) is 0. The van der Waals surface area contributed by atoms with Crippen LogP contribution in [-0.2, 0) is 11.3 Å². The van der Waals surface area contributed by atoms with Crippen molar-refractivity contribution in [2.75, 3.05) is 6.54 Å². The summed E-state index contributed by atoms with van der Waals surface area (Å²) in [7, 11) is 0. The van der Waals surface area contributed by atoms with E-state index in [0.717, 1.165) is 24.9 Å². The van der Waals surface area contributed by atoms with Gasteiger partial charge in [-0.3, -0.25) is 9.80 Å². The second-order valence-electron chi connectivity index (χ2n) is 5.44. The Balaban J connectivity index is 2.17. The first-order valence-corrected chi connectivity index (χ1v) is 7.43. The van der Waals surface area contributed by atoms with Crippen molar-refractivity contribution in [2.24, 2.45) is 0 Å². The summed E-state index contributed by atoms with van der Waals surface area (Å²) in [5.74, 6) is -0.152. The smallest absolute Gasteiger partial charge is 0.236 e. The van der Waals surface area contributed by atoms with Crippen molar-refractivity contribution in [1.29, 1.82) is 0 Å². The minimum absolute atomic E-state index is 0.100. The van der Waals surface area contributed by atoms with Crippen LogP contribution in [0.1, 0.15) is 45.1 Å². The molecule has 1 atom stereocenters. The van der Waals surface area contributed by atoms with Crippen molar-refractivity contribution in [3.8, 4) is 0 Å². The van der Waals surface area contributed by atoms with E-state index in [-0.39, 0.29) is 11.7 Å². The van der Waals surface area contributed by atoms with Crippen molar-refractivity contribution in [3.05, 3.63) is 35.6 Å². The Morgan fingerprint density at radius 2 is 2.25 bits per heavy atom. The lowest BCUT2D eigenvalue weighted by atomic mass is 10.1. The molecular weight excluding hydrogens is 255 g/mol. The zero-order valence-electron chi connectivity index (χ0n) is 12.3. The van der Waals surface area contributed by atoms with Crippen LogP contribution in [0.4, 0.5) is 4.39 Å². The lowest BCUT2D eigenvalue weighted by molar-refractivity contribution is -0.157. The fourth-order valence-corrected chi connectivity index (χ4v) is 2.75. The molecule has 4 heteroatoms. The zero-order valence-corrected chi connectivity index (χ0v) is 12.3. The number of nitrogens with zero attached hydrogens (tertiary/aromatic N) is 2. The summed E-state index contributed by atoms with van der Waals surface area (Å²) in [5, 5.41) is 3.96. The number of carbonyl (C=O) groups excluding carboxylic acids is 1. The van der Waals surface area contributed by atoms with Gasteiger partial charge in [0, 0.05) is 19.0 Å². The van der Waals surface area contributed by atoms with Crippen LogP contribution in [0.2, 0.25) is 0 Å². The number of rotatable bonds is 4. The normalized spacial score (nSPS) is 19.9. The van der Waals surface area contributed by atoms with Crippen LogP contribution in [-0.4, -0.2) is 28.5 Å². The Bertz CT molecular complexity index is 464. The molecule has 2 rings (SSSR count). The third kappa shape index (κ3) is 3.57. The number of amides is 1. The first-order valence-electron chi connectivity index (χ1n) is 7.43. The second kappa shape index (κ2) is 6.84. The van der Waals surface area contributed by atoms with E-state index in [9.17, 15) is 9.18 Å². The molecule has 1 unspecified atom stereocenters. The van der Waals surface area contributed by atoms with Gasteiger partial charge in [-0.25, -0.2) is 9.40 Å². The largest absolute Gasteiger partial charge is 0.273 e. The van der Waals surface area contributed by atoms with Crippen LogP contribution >= 0.6 is 0 Å². The predicted molar refractivity (Wildman–Crippen MR) is 77.3 cm³/mol. The van der Waals surface area contributed by atoms with E-state index in [1.165, 1.54) is 18.6 Å². The molecule has 3 nitrogen and oxygen atoms in total. The number of carbonyl (C=O) groups is 1. The van der Waals surface area contributed by atoms with Crippen LogP contribution in [0.3, 0.4) is 0 Å². The minimum Gasteiger partial charge on any atom is -0.273 e. The molecular formula is C16H23FN2O. The summed E-state index contributed by atoms with van der Waals surface area (Å²) in [6, 6.07) is 6.86. The summed E-state index contributed by atoms with van der Waals surface area (Å²) in [4.78, 5) is 12.2. The fraction of sp³-hybridized carbons (Fsp3) is 0.562. The molecule has 1 saturated heterocycles. The summed E-state index contributed by atoms with van der Waals surface area (Å²) < 4.78 is 13.3. The van der Waals surface area contributed by atoms with Crippen molar-refractivity contribution < 1.29 is 9.18 Å². The van der Waals surface area contributed by atoms with Gasteiger partial charge in [0.2, 0.25) is 5.91 Å². The lowest BCUT2D eigenvalue weighted by Crippen LogP contribution is -2.52. The van der Waals surface area contributed by atoms with Crippen molar-refractivity contribution in [2.45, 2.75) is 52.1 Å². The molecule has 0 saturated carbocycles. The third-order valence-corrected chi connectivity index (χ3v) is 3.89. The molecule has 0 spiro atoms. The van der Waals surface area contributed by atoms with Gasteiger partial charge in [-0.1, -0.05) is 25.5 Å². The van der Waals surface area contributed by atoms with Gasteiger partial charge in [-0.2, -0.15) is 0 Å². The molecule has 0 bridgehead atoms. The summed E-state index contributed by atoms with van der Waals surface area (Å²) >= 11 is 0. The lowest BCUT2D eigenvalue weighted by Gasteiger charge is -2.41. The average molecular weight is 278 g/mol. The minimum atomic E-state index is -0.252. The molecule has 0 radical (unpaired) electrons. The molecule has 110 valence electrons. The molecule has 1 amide bonds. The molecule has 1 aliphatic rings. The SMILES string of the molecule is CCC(=O)N(Cc1cccc(F)c1)N1CCCCC1C. The highest BCUT2D eigenvalue weighted by molar-refractivity contribution is 5.75. The topological polar surface area (TPSA) is 23.6 Å². The zero-order chi connectivity index (χ0) is 14.5. The Labute approximate surface area is 120 Å². The molecule has 1 aliphatic heterocycles. The first kappa shape index (κ1) is 15.0. The highest BCUT2D eigenvalue weighted by atomic mass is 19.1. The van der Waals surface area contributed by atoms with Gasteiger partial charge in [0.05, 0.1) is 6.54 Å².